The van der Waals surface area contributed by atoms with Gasteiger partial charge in [-0.3, -0.25) is 4.79 Å². The second-order valence-electron chi connectivity index (χ2n) is 5.79. The number of hydrogen-bond donors (Lipinski definition) is 1. The van der Waals surface area contributed by atoms with Crippen molar-refractivity contribution >= 4 is 38.7 Å². The van der Waals surface area contributed by atoms with Gasteiger partial charge in [-0.05, 0) is 25.1 Å². The van der Waals surface area contributed by atoms with E-state index in [-0.39, 0.29) is 15.5 Å². The molecular formula is C16H13ClN6O3S2. The summed E-state index contributed by atoms with van der Waals surface area (Å²) in [7, 11) is -3.52. The van der Waals surface area contributed by atoms with Crippen LogP contribution in [0, 0.1) is 11.3 Å². The molecule has 0 fully saturated rings. The molecule has 3 aromatic rings. The van der Waals surface area contributed by atoms with Gasteiger partial charge in [-0.1, -0.05) is 22.9 Å². The van der Waals surface area contributed by atoms with E-state index >= 15 is 0 Å². The van der Waals surface area contributed by atoms with Gasteiger partial charge in [0.15, 0.2) is 15.7 Å². The number of amides is 1. The van der Waals surface area contributed by atoms with Crippen molar-refractivity contribution in [1.29, 1.82) is 5.26 Å². The fraction of sp³-hybridized carbons (Fsp3) is 0.188. The number of hydrogen-bond acceptors (Lipinski definition) is 8. The van der Waals surface area contributed by atoms with Crippen molar-refractivity contribution in [3.8, 4) is 11.2 Å². The van der Waals surface area contributed by atoms with Crippen LogP contribution in [-0.4, -0.2) is 40.3 Å². The van der Waals surface area contributed by atoms with E-state index in [1.165, 1.54) is 35.4 Å². The molecule has 0 bridgehead atoms. The molecule has 1 atom stereocenters. The smallest absolute Gasteiger partial charge is 0.251 e. The number of nitriles is 1. The Bertz CT molecular complexity index is 1200. The molecule has 0 saturated heterocycles. The molecule has 0 spiro atoms. The van der Waals surface area contributed by atoms with Gasteiger partial charge in [-0.25, -0.2) is 18.4 Å². The number of aromatic nitrogens is 4. The summed E-state index contributed by atoms with van der Waals surface area (Å²) in [6.45, 7) is 1.69. The van der Waals surface area contributed by atoms with Gasteiger partial charge in [0, 0.05) is 16.8 Å². The molecule has 0 aliphatic carbocycles. The van der Waals surface area contributed by atoms with Crippen LogP contribution in [0.3, 0.4) is 0 Å². The molecule has 0 radical (unpaired) electrons. The van der Waals surface area contributed by atoms with Crippen LogP contribution in [0.1, 0.15) is 34.0 Å². The Labute approximate surface area is 169 Å². The zero-order valence-corrected chi connectivity index (χ0v) is 17.0. The van der Waals surface area contributed by atoms with Crippen molar-refractivity contribution in [3.05, 3.63) is 52.0 Å². The first-order chi connectivity index (χ1) is 13.2. The Balaban J connectivity index is 1.86. The number of halogens is 1. The third-order valence-electron chi connectivity index (χ3n) is 3.66. The number of nitrogens with one attached hydrogen (secondary N) is 1. The molecule has 1 N–H and O–H groups in total. The van der Waals surface area contributed by atoms with Crippen molar-refractivity contribution < 1.29 is 13.2 Å². The SMILES string of the molecule is C[C@H](NC(=O)c1cc(Cl)cc(S(C)(=O)=O)c1)c1ncnn1-c1ncc(C#N)s1. The first-order valence-corrected chi connectivity index (χ1v) is 10.9. The first kappa shape index (κ1) is 19.9. The highest BCUT2D eigenvalue weighted by Crippen LogP contribution is 2.22. The van der Waals surface area contributed by atoms with Gasteiger partial charge < -0.3 is 5.32 Å². The molecule has 2 heterocycles. The maximum Gasteiger partial charge on any atom is 0.251 e. The summed E-state index contributed by atoms with van der Waals surface area (Å²) >= 11 is 7.09. The van der Waals surface area contributed by atoms with Gasteiger partial charge in [0.2, 0.25) is 5.13 Å². The lowest BCUT2D eigenvalue weighted by Crippen LogP contribution is -2.28. The summed E-state index contributed by atoms with van der Waals surface area (Å²) in [5.74, 6) is -0.121. The van der Waals surface area contributed by atoms with E-state index in [2.05, 4.69) is 20.4 Å². The molecule has 2 aromatic heterocycles. The van der Waals surface area contributed by atoms with Crippen molar-refractivity contribution in [2.45, 2.75) is 17.9 Å². The number of thiazole rings is 1. The van der Waals surface area contributed by atoms with E-state index in [0.29, 0.717) is 15.8 Å². The van der Waals surface area contributed by atoms with Crippen molar-refractivity contribution in [2.75, 3.05) is 6.26 Å². The summed E-state index contributed by atoms with van der Waals surface area (Å²) in [5.41, 5.74) is 0.104. The van der Waals surface area contributed by atoms with Crippen LogP contribution < -0.4 is 5.32 Å². The molecule has 0 aliphatic rings. The number of rotatable bonds is 5. The molecule has 1 amide bonds. The van der Waals surface area contributed by atoms with Gasteiger partial charge in [-0.15, -0.1) is 0 Å². The minimum absolute atomic E-state index is 0.0483. The van der Waals surface area contributed by atoms with Crippen LogP contribution in [0.25, 0.3) is 5.13 Å². The topological polar surface area (TPSA) is 131 Å². The van der Waals surface area contributed by atoms with Gasteiger partial charge in [-0.2, -0.15) is 15.0 Å². The minimum atomic E-state index is -3.52. The molecule has 28 heavy (non-hydrogen) atoms. The molecule has 1 aromatic carbocycles. The summed E-state index contributed by atoms with van der Waals surface area (Å²) in [6, 6.07) is 5.34. The van der Waals surface area contributed by atoms with Crippen LogP contribution in [0.2, 0.25) is 5.02 Å². The third kappa shape index (κ3) is 4.19. The maximum absolute atomic E-state index is 12.6. The lowest BCUT2D eigenvalue weighted by atomic mass is 10.2. The molecule has 0 unspecified atom stereocenters. The summed E-state index contributed by atoms with van der Waals surface area (Å²) in [5, 5.41) is 16.3. The Hall–Kier alpha value is -2.81. The quantitative estimate of drug-likeness (QED) is 0.648. The van der Waals surface area contributed by atoms with E-state index in [0.717, 1.165) is 17.6 Å². The standard InChI is InChI=1S/C16H13ClN6O3S2/c1-9(14-20-8-21-23(14)16-19-7-12(6-18)27-16)22-15(24)10-3-11(17)5-13(4-10)28(2,25)26/h3-5,7-9H,1-2H3,(H,22,24)/t9-/m0/s1. The lowest BCUT2D eigenvalue weighted by molar-refractivity contribution is 0.0937. The van der Waals surface area contributed by atoms with Crippen LogP contribution in [-0.2, 0) is 9.84 Å². The number of carbonyl (C=O) groups excluding carboxylic acids is 1. The Morgan fingerprint density at radius 1 is 1.36 bits per heavy atom. The summed E-state index contributed by atoms with van der Waals surface area (Å²) in [4.78, 5) is 21.2. The van der Waals surface area contributed by atoms with Gasteiger partial charge in [0.05, 0.1) is 17.1 Å². The number of carbonyl (C=O) groups is 1. The van der Waals surface area contributed by atoms with E-state index in [9.17, 15) is 13.2 Å². The molecular weight excluding hydrogens is 424 g/mol. The molecule has 144 valence electrons. The monoisotopic (exact) mass is 436 g/mol. The van der Waals surface area contributed by atoms with Crippen LogP contribution in [0.4, 0.5) is 0 Å². The maximum atomic E-state index is 12.6. The molecule has 9 nitrogen and oxygen atoms in total. The molecule has 0 aliphatic heterocycles. The fourth-order valence-corrected chi connectivity index (χ4v) is 4.02. The number of nitrogens with zero attached hydrogens (tertiary/aromatic N) is 5. The lowest BCUT2D eigenvalue weighted by Gasteiger charge is -2.14. The van der Waals surface area contributed by atoms with Gasteiger partial charge in [0.25, 0.3) is 5.91 Å². The summed E-state index contributed by atoms with van der Waals surface area (Å²) < 4.78 is 24.9. The van der Waals surface area contributed by atoms with Crippen molar-refractivity contribution in [3.63, 3.8) is 0 Å². The van der Waals surface area contributed by atoms with E-state index in [1.54, 1.807) is 6.92 Å². The average Bonchev–Trinajstić information content (AvgIpc) is 3.29. The molecule has 0 saturated carbocycles. The first-order valence-electron chi connectivity index (χ1n) is 7.77. The van der Waals surface area contributed by atoms with E-state index in [4.69, 9.17) is 16.9 Å². The van der Waals surface area contributed by atoms with Crippen LogP contribution in [0.5, 0.6) is 0 Å². The summed E-state index contributed by atoms with van der Waals surface area (Å²) in [6.07, 6.45) is 3.77. The Morgan fingerprint density at radius 2 is 2.11 bits per heavy atom. The van der Waals surface area contributed by atoms with E-state index in [1.807, 2.05) is 6.07 Å². The Kier molecular flexibility index (Phi) is 5.46. The number of benzene rings is 1. The van der Waals surface area contributed by atoms with Crippen molar-refractivity contribution in [1.82, 2.24) is 25.1 Å². The minimum Gasteiger partial charge on any atom is -0.342 e. The highest BCUT2D eigenvalue weighted by atomic mass is 35.5. The van der Waals surface area contributed by atoms with Crippen LogP contribution >= 0.6 is 22.9 Å². The molecule has 12 heteroatoms. The molecule has 3 rings (SSSR count). The van der Waals surface area contributed by atoms with E-state index < -0.39 is 21.8 Å². The zero-order valence-electron chi connectivity index (χ0n) is 14.6. The van der Waals surface area contributed by atoms with Gasteiger partial charge >= 0.3 is 0 Å². The highest BCUT2D eigenvalue weighted by molar-refractivity contribution is 7.90. The fourth-order valence-electron chi connectivity index (χ4n) is 2.36. The number of sulfone groups is 1. The largest absolute Gasteiger partial charge is 0.342 e. The van der Waals surface area contributed by atoms with Crippen molar-refractivity contribution in [2.24, 2.45) is 0 Å². The normalized spacial score (nSPS) is 12.4. The average molecular weight is 437 g/mol. The zero-order chi connectivity index (χ0) is 20.5. The second kappa shape index (κ2) is 7.67. The predicted molar refractivity (Wildman–Crippen MR) is 102 cm³/mol. The van der Waals surface area contributed by atoms with Gasteiger partial charge in [0.1, 0.15) is 17.3 Å². The third-order valence-corrected chi connectivity index (χ3v) is 5.84. The Morgan fingerprint density at radius 3 is 2.75 bits per heavy atom. The highest BCUT2D eigenvalue weighted by Gasteiger charge is 2.20. The predicted octanol–water partition coefficient (Wildman–Crippen LogP) is 2.14. The second-order valence-corrected chi connectivity index (χ2v) is 9.25. The van der Waals surface area contributed by atoms with Crippen LogP contribution in [0.15, 0.2) is 35.6 Å².